The molecule has 1 unspecified atom stereocenters. The topological polar surface area (TPSA) is 12.0 Å². The maximum Gasteiger partial charge on any atom is 0.0111 e. The lowest BCUT2D eigenvalue weighted by Gasteiger charge is -2.19. The van der Waals surface area contributed by atoms with E-state index in [0.717, 1.165) is 19.4 Å². The van der Waals surface area contributed by atoms with Gasteiger partial charge in [0.05, 0.1) is 0 Å². The molecule has 0 aromatic heterocycles. The van der Waals surface area contributed by atoms with Crippen molar-refractivity contribution in [2.75, 3.05) is 6.54 Å². The Morgan fingerprint density at radius 3 is 2.67 bits per heavy atom. The van der Waals surface area contributed by atoms with Crippen LogP contribution in [-0.2, 0) is 6.42 Å². The zero-order valence-electron chi connectivity index (χ0n) is 13.4. The molecule has 0 fully saturated rings. The highest BCUT2D eigenvalue weighted by atomic mass is 14.9. The van der Waals surface area contributed by atoms with Crippen molar-refractivity contribution in [3.8, 4) is 0 Å². The van der Waals surface area contributed by atoms with Crippen LogP contribution in [-0.4, -0.2) is 12.6 Å². The molecule has 0 aliphatic heterocycles. The third kappa shape index (κ3) is 4.71. The summed E-state index contributed by atoms with van der Waals surface area (Å²) in [5.74, 6) is 0. The fourth-order valence-corrected chi connectivity index (χ4v) is 2.78. The van der Waals surface area contributed by atoms with Gasteiger partial charge in [-0.1, -0.05) is 55.0 Å². The van der Waals surface area contributed by atoms with E-state index in [1.54, 1.807) is 0 Å². The van der Waals surface area contributed by atoms with Crippen molar-refractivity contribution < 1.29 is 0 Å². The first-order valence-corrected chi connectivity index (χ1v) is 8.05. The molecule has 1 nitrogen and oxygen atoms in total. The van der Waals surface area contributed by atoms with Crippen LogP contribution in [0.2, 0.25) is 0 Å². The quantitative estimate of drug-likeness (QED) is 0.663. The van der Waals surface area contributed by atoms with E-state index in [0.29, 0.717) is 6.04 Å². The predicted octanol–water partition coefficient (Wildman–Crippen LogP) is 5.11. The summed E-state index contributed by atoms with van der Waals surface area (Å²) in [7, 11) is 0. The van der Waals surface area contributed by atoms with Gasteiger partial charge in [-0.25, -0.2) is 0 Å². The number of fused-ring (bicyclic) bond motifs is 1. The summed E-state index contributed by atoms with van der Waals surface area (Å²) in [4.78, 5) is 0. The van der Waals surface area contributed by atoms with Gasteiger partial charge in [-0.05, 0) is 55.5 Å². The van der Waals surface area contributed by atoms with Crippen LogP contribution in [0, 0.1) is 0 Å². The molecule has 2 rings (SSSR count). The number of hydrogen-bond acceptors (Lipinski definition) is 1. The lowest BCUT2D eigenvalue weighted by Crippen LogP contribution is -2.31. The molecule has 0 saturated carbocycles. The number of hydrogen-bond donors (Lipinski definition) is 1. The Hall–Kier alpha value is -1.60. The molecule has 2 aromatic carbocycles. The molecule has 1 heteroatoms. The van der Waals surface area contributed by atoms with E-state index in [1.807, 2.05) is 0 Å². The Morgan fingerprint density at radius 2 is 1.90 bits per heavy atom. The van der Waals surface area contributed by atoms with Crippen molar-refractivity contribution in [1.29, 1.82) is 0 Å². The Morgan fingerprint density at radius 1 is 1.14 bits per heavy atom. The second-order valence-electron chi connectivity index (χ2n) is 5.99. The van der Waals surface area contributed by atoms with Gasteiger partial charge in [0, 0.05) is 6.04 Å². The average Bonchev–Trinajstić information content (AvgIpc) is 2.50. The van der Waals surface area contributed by atoms with Gasteiger partial charge < -0.3 is 5.32 Å². The fraction of sp³-hybridized carbons (Fsp3) is 0.400. The number of nitrogens with one attached hydrogen (secondary N) is 1. The van der Waals surface area contributed by atoms with Crippen LogP contribution in [0.3, 0.4) is 0 Å². The number of rotatable bonds is 8. The van der Waals surface area contributed by atoms with Gasteiger partial charge in [0.25, 0.3) is 0 Å². The minimum absolute atomic E-state index is 0.535. The summed E-state index contributed by atoms with van der Waals surface area (Å²) in [5.41, 5.74) is 2.72. The van der Waals surface area contributed by atoms with E-state index in [-0.39, 0.29) is 0 Å². The van der Waals surface area contributed by atoms with Crippen molar-refractivity contribution in [2.45, 2.75) is 45.6 Å². The van der Waals surface area contributed by atoms with Gasteiger partial charge in [-0.3, -0.25) is 0 Å². The zero-order chi connectivity index (χ0) is 15.1. The molecule has 1 N–H and O–H groups in total. The minimum Gasteiger partial charge on any atom is -0.314 e. The lowest BCUT2D eigenvalue weighted by atomic mass is 9.95. The van der Waals surface area contributed by atoms with Crippen LogP contribution in [0.15, 0.2) is 54.6 Å². The van der Waals surface area contributed by atoms with Crippen molar-refractivity contribution >= 4 is 10.8 Å². The summed E-state index contributed by atoms with van der Waals surface area (Å²) in [5, 5.41) is 6.42. The molecule has 21 heavy (non-hydrogen) atoms. The van der Waals surface area contributed by atoms with Gasteiger partial charge >= 0.3 is 0 Å². The monoisotopic (exact) mass is 281 g/mol. The summed E-state index contributed by atoms with van der Waals surface area (Å²) in [6, 6.07) is 15.8. The third-order valence-corrected chi connectivity index (χ3v) is 3.95. The number of benzene rings is 2. The van der Waals surface area contributed by atoms with E-state index in [9.17, 15) is 0 Å². The molecule has 0 aliphatic rings. The summed E-state index contributed by atoms with van der Waals surface area (Å²) in [6.45, 7) is 9.47. The normalized spacial score (nSPS) is 12.5. The second-order valence-corrected chi connectivity index (χ2v) is 5.99. The minimum atomic E-state index is 0.535. The summed E-state index contributed by atoms with van der Waals surface area (Å²) in [6.07, 6.45) is 4.54. The molecule has 2 aromatic rings. The van der Waals surface area contributed by atoms with Gasteiger partial charge in [0.1, 0.15) is 0 Å². The summed E-state index contributed by atoms with van der Waals surface area (Å²) < 4.78 is 0. The molecule has 0 saturated heterocycles. The Kier molecular flexibility index (Phi) is 6.01. The first kappa shape index (κ1) is 15.8. The molecule has 0 radical (unpaired) electrons. The molecule has 0 spiro atoms. The van der Waals surface area contributed by atoms with Crippen molar-refractivity contribution in [3.63, 3.8) is 0 Å². The first-order valence-electron chi connectivity index (χ1n) is 8.05. The molecule has 0 amide bonds. The molecular formula is C20H27N. The van der Waals surface area contributed by atoms with E-state index in [4.69, 9.17) is 0 Å². The standard InChI is InChI=1S/C20H27N/c1-4-14-21-19(13-12-16(2)3)15-18-10-7-9-17-8-5-6-11-20(17)18/h5-11,19,21H,2,4,12-15H2,1,3H3. The summed E-state index contributed by atoms with van der Waals surface area (Å²) >= 11 is 0. The van der Waals surface area contributed by atoms with Gasteiger partial charge in [-0.15, -0.1) is 6.58 Å². The van der Waals surface area contributed by atoms with Crippen LogP contribution in [0.1, 0.15) is 38.7 Å². The molecule has 0 heterocycles. The third-order valence-electron chi connectivity index (χ3n) is 3.95. The molecule has 0 aliphatic carbocycles. The fourth-order valence-electron chi connectivity index (χ4n) is 2.78. The van der Waals surface area contributed by atoms with E-state index < -0.39 is 0 Å². The Bertz CT molecular complexity index is 580. The second kappa shape index (κ2) is 7.99. The Balaban J connectivity index is 2.15. The van der Waals surface area contributed by atoms with Crippen LogP contribution >= 0.6 is 0 Å². The van der Waals surface area contributed by atoms with Gasteiger partial charge in [-0.2, -0.15) is 0 Å². The molecule has 112 valence electrons. The molecular weight excluding hydrogens is 254 g/mol. The van der Waals surface area contributed by atoms with E-state index in [1.165, 1.54) is 34.8 Å². The van der Waals surface area contributed by atoms with E-state index in [2.05, 4.69) is 68.2 Å². The van der Waals surface area contributed by atoms with Crippen LogP contribution < -0.4 is 5.32 Å². The van der Waals surface area contributed by atoms with Crippen molar-refractivity contribution in [3.05, 3.63) is 60.2 Å². The molecule has 1 atom stereocenters. The van der Waals surface area contributed by atoms with Crippen molar-refractivity contribution in [2.24, 2.45) is 0 Å². The average molecular weight is 281 g/mol. The highest BCUT2D eigenvalue weighted by Crippen LogP contribution is 2.21. The lowest BCUT2D eigenvalue weighted by molar-refractivity contribution is 0.478. The largest absolute Gasteiger partial charge is 0.314 e. The van der Waals surface area contributed by atoms with Crippen molar-refractivity contribution in [1.82, 2.24) is 5.32 Å². The maximum atomic E-state index is 4.04. The van der Waals surface area contributed by atoms with Gasteiger partial charge in [0.2, 0.25) is 0 Å². The van der Waals surface area contributed by atoms with Gasteiger partial charge in [0.15, 0.2) is 0 Å². The SMILES string of the molecule is C=C(C)CCC(Cc1cccc2ccccc12)NCCC. The zero-order valence-corrected chi connectivity index (χ0v) is 13.4. The Labute approximate surface area is 129 Å². The maximum absolute atomic E-state index is 4.04. The van der Waals surface area contributed by atoms with Crippen LogP contribution in [0.4, 0.5) is 0 Å². The number of allylic oxidation sites excluding steroid dienone is 1. The molecule has 0 bridgehead atoms. The van der Waals surface area contributed by atoms with Crippen LogP contribution in [0.5, 0.6) is 0 Å². The van der Waals surface area contributed by atoms with Crippen LogP contribution in [0.25, 0.3) is 10.8 Å². The predicted molar refractivity (Wildman–Crippen MR) is 93.8 cm³/mol. The smallest absolute Gasteiger partial charge is 0.0111 e. The highest BCUT2D eigenvalue weighted by Gasteiger charge is 2.10. The highest BCUT2D eigenvalue weighted by molar-refractivity contribution is 5.85. The van der Waals surface area contributed by atoms with E-state index >= 15 is 0 Å². The first-order chi connectivity index (χ1) is 10.2.